The van der Waals surface area contributed by atoms with Gasteiger partial charge in [-0.1, -0.05) is 0 Å². The van der Waals surface area contributed by atoms with Crippen LogP contribution in [0.4, 0.5) is 0 Å². The van der Waals surface area contributed by atoms with Crippen LogP contribution >= 0.6 is 0 Å². The summed E-state index contributed by atoms with van der Waals surface area (Å²) < 4.78 is 18.1. The van der Waals surface area contributed by atoms with Gasteiger partial charge in [0.1, 0.15) is 17.5 Å². The molecule has 2 aromatic rings. The van der Waals surface area contributed by atoms with Crippen molar-refractivity contribution in [1.82, 2.24) is 30.0 Å². The third-order valence-electron chi connectivity index (χ3n) is 4.95. The number of nitrogens with zero attached hydrogens (tertiary/aromatic N) is 6. The Morgan fingerprint density at radius 2 is 1.85 bits per heavy atom. The number of methoxy groups -OCH3 is 3. The van der Waals surface area contributed by atoms with Gasteiger partial charge in [-0.25, -0.2) is 4.68 Å². The fraction of sp³-hybridized carbons (Fsp3) is 0.611. The molecule has 0 amide bonds. The van der Waals surface area contributed by atoms with Gasteiger partial charge in [0.25, 0.3) is 0 Å². The molecule has 3 rings (SSSR count). The summed E-state index contributed by atoms with van der Waals surface area (Å²) in [5.74, 6) is 2.35. The maximum atomic E-state index is 5.66. The predicted molar refractivity (Wildman–Crippen MR) is 100 cm³/mol. The smallest absolute Gasteiger partial charge is 0.173 e. The molecular weight excluding hydrogens is 348 g/mol. The fourth-order valence-electron chi connectivity index (χ4n) is 3.38. The Morgan fingerprint density at radius 1 is 1.07 bits per heavy atom. The third-order valence-corrected chi connectivity index (χ3v) is 4.95. The van der Waals surface area contributed by atoms with Crippen LogP contribution in [0.2, 0.25) is 0 Å². The molecule has 0 radical (unpaired) electrons. The van der Waals surface area contributed by atoms with Crippen molar-refractivity contribution in [3.05, 3.63) is 29.6 Å². The van der Waals surface area contributed by atoms with Gasteiger partial charge >= 0.3 is 0 Å². The van der Waals surface area contributed by atoms with Crippen molar-refractivity contribution in [3.8, 4) is 11.5 Å². The van der Waals surface area contributed by atoms with E-state index in [-0.39, 0.29) is 6.04 Å². The van der Waals surface area contributed by atoms with Crippen molar-refractivity contribution in [3.63, 3.8) is 0 Å². The molecule has 0 saturated carbocycles. The predicted octanol–water partition coefficient (Wildman–Crippen LogP) is 0.674. The Hall–Kier alpha value is -2.23. The first kappa shape index (κ1) is 19.5. The summed E-state index contributed by atoms with van der Waals surface area (Å²) >= 11 is 0. The second-order valence-electron chi connectivity index (χ2n) is 6.60. The van der Waals surface area contributed by atoms with E-state index >= 15 is 0 Å². The average Bonchev–Trinajstić information content (AvgIpc) is 3.16. The minimum Gasteiger partial charge on any atom is -0.497 e. The molecular formula is C18H28N6O3. The number of benzene rings is 1. The zero-order chi connectivity index (χ0) is 19.2. The SMILES string of the molecule is COCCn1nnnc1C(c1cc(OC)ccc1OC)N1CCN(C)CC1. The number of hydrogen-bond donors (Lipinski definition) is 0. The highest BCUT2D eigenvalue weighted by atomic mass is 16.5. The highest BCUT2D eigenvalue weighted by Gasteiger charge is 2.32. The number of ether oxygens (including phenoxy) is 3. The van der Waals surface area contributed by atoms with Gasteiger partial charge in [0, 0.05) is 38.9 Å². The lowest BCUT2D eigenvalue weighted by Crippen LogP contribution is -2.46. The maximum Gasteiger partial charge on any atom is 0.173 e. The van der Waals surface area contributed by atoms with Crippen molar-refractivity contribution in [2.24, 2.45) is 0 Å². The summed E-state index contributed by atoms with van der Waals surface area (Å²) in [6.07, 6.45) is 0. The van der Waals surface area contributed by atoms with Crippen LogP contribution in [0.15, 0.2) is 18.2 Å². The Labute approximate surface area is 159 Å². The van der Waals surface area contributed by atoms with Gasteiger partial charge in [0.15, 0.2) is 5.82 Å². The largest absolute Gasteiger partial charge is 0.497 e. The quantitative estimate of drug-likeness (QED) is 0.665. The number of rotatable bonds is 8. The molecule has 0 bridgehead atoms. The van der Waals surface area contributed by atoms with Crippen LogP contribution in [0, 0.1) is 0 Å². The van der Waals surface area contributed by atoms with E-state index in [0.29, 0.717) is 13.2 Å². The summed E-state index contributed by atoms with van der Waals surface area (Å²) in [4.78, 5) is 4.72. The molecule has 9 nitrogen and oxygen atoms in total. The molecule has 1 aromatic heterocycles. The van der Waals surface area contributed by atoms with Crippen LogP contribution in [0.25, 0.3) is 0 Å². The lowest BCUT2D eigenvalue weighted by molar-refractivity contribution is 0.118. The summed E-state index contributed by atoms with van der Waals surface area (Å²) in [5, 5.41) is 12.5. The summed E-state index contributed by atoms with van der Waals surface area (Å²) in [7, 11) is 7.16. The highest BCUT2D eigenvalue weighted by molar-refractivity contribution is 5.44. The summed E-state index contributed by atoms with van der Waals surface area (Å²) in [6.45, 7) is 4.94. The van der Waals surface area contributed by atoms with Crippen LogP contribution in [0.5, 0.6) is 11.5 Å². The van der Waals surface area contributed by atoms with E-state index in [1.54, 1.807) is 21.3 Å². The highest BCUT2D eigenvalue weighted by Crippen LogP contribution is 2.36. The van der Waals surface area contributed by atoms with E-state index in [0.717, 1.165) is 49.1 Å². The molecule has 9 heteroatoms. The van der Waals surface area contributed by atoms with E-state index in [1.165, 1.54) is 0 Å². The van der Waals surface area contributed by atoms with Gasteiger partial charge in [0.05, 0.1) is 27.4 Å². The van der Waals surface area contributed by atoms with Crippen molar-refractivity contribution >= 4 is 0 Å². The van der Waals surface area contributed by atoms with E-state index in [2.05, 4.69) is 32.4 Å². The van der Waals surface area contributed by atoms with Crippen molar-refractivity contribution in [1.29, 1.82) is 0 Å². The topological polar surface area (TPSA) is 77.8 Å². The van der Waals surface area contributed by atoms with Gasteiger partial charge in [-0.15, -0.1) is 5.10 Å². The second kappa shape index (κ2) is 9.12. The Kier molecular flexibility index (Phi) is 6.59. The molecule has 0 aliphatic carbocycles. The molecule has 1 unspecified atom stereocenters. The second-order valence-corrected chi connectivity index (χ2v) is 6.60. The lowest BCUT2D eigenvalue weighted by Gasteiger charge is -2.37. The molecule has 1 aromatic carbocycles. The van der Waals surface area contributed by atoms with E-state index in [4.69, 9.17) is 14.2 Å². The van der Waals surface area contributed by atoms with Gasteiger partial charge in [0.2, 0.25) is 0 Å². The fourth-order valence-corrected chi connectivity index (χ4v) is 3.38. The monoisotopic (exact) mass is 376 g/mol. The van der Waals surface area contributed by atoms with Crippen molar-refractivity contribution in [2.45, 2.75) is 12.6 Å². The van der Waals surface area contributed by atoms with Gasteiger partial charge in [-0.3, -0.25) is 4.90 Å². The van der Waals surface area contributed by atoms with Crippen LogP contribution in [0.3, 0.4) is 0 Å². The molecule has 1 aliphatic rings. The molecule has 0 spiro atoms. The molecule has 0 N–H and O–H groups in total. The van der Waals surface area contributed by atoms with Crippen LogP contribution < -0.4 is 9.47 Å². The number of hydrogen-bond acceptors (Lipinski definition) is 8. The lowest BCUT2D eigenvalue weighted by atomic mass is 10.0. The summed E-state index contributed by atoms with van der Waals surface area (Å²) in [5.41, 5.74) is 0.995. The van der Waals surface area contributed by atoms with E-state index in [1.807, 2.05) is 22.9 Å². The van der Waals surface area contributed by atoms with Crippen molar-refractivity contribution < 1.29 is 14.2 Å². The normalized spacial score (nSPS) is 17.0. The molecule has 148 valence electrons. The molecule has 1 saturated heterocycles. The van der Waals surface area contributed by atoms with E-state index in [9.17, 15) is 0 Å². The molecule has 2 heterocycles. The Bertz CT molecular complexity index is 730. The average molecular weight is 376 g/mol. The molecule has 1 atom stereocenters. The first-order valence-corrected chi connectivity index (χ1v) is 9.07. The summed E-state index contributed by atoms with van der Waals surface area (Å²) in [6, 6.07) is 5.71. The van der Waals surface area contributed by atoms with Crippen LogP contribution in [-0.4, -0.2) is 91.2 Å². The Morgan fingerprint density at radius 3 is 2.52 bits per heavy atom. The minimum atomic E-state index is -0.129. The zero-order valence-electron chi connectivity index (χ0n) is 16.5. The number of aromatic nitrogens is 4. The maximum absolute atomic E-state index is 5.66. The van der Waals surface area contributed by atoms with Gasteiger partial charge in [-0.2, -0.15) is 0 Å². The van der Waals surface area contributed by atoms with Gasteiger partial charge < -0.3 is 19.1 Å². The standard InChI is InChI=1S/C18H28N6O3/c1-22-7-9-23(10-8-22)17(18-19-20-21-24(18)11-12-25-2)15-13-14(26-3)5-6-16(15)27-4/h5-6,13,17H,7-12H2,1-4H3. The van der Waals surface area contributed by atoms with E-state index < -0.39 is 0 Å². The molecule has 27 heavy (non-hydrogen) atoms. The number of tetrazole rings is 1. The third kappa shape index (κ3) is 4.37. The first-order chi connectivity index (χ1) is 13.2. The molecule has 1 fully saturated rings. The first-order valence-electron chi connectivity index (χ1n) is 9.07. The van der Waals surface area contributed by atoms with Crippen molar-refractivity contribution in [2.75, 3.05) is 61.2 Å². The number of piperazine rings is 1. The van der Waals surface area contributed by atoms with Crippen LogP contribution in [-0.2, 0) is 11.3 Å². The molecule has 1 aliphatic heterocycles. The van der Waals surface area contributed by atoms with Gasteiger partial charge in [-0.05, 0) is 35.7 Å². The number of likely N-dealkylation sites (N-methyl/N-ethyl adjacent to an activating group) is 1. The van der Waals surface area contributed by atoms with Crippen LogP contribution in [0.1, 0.15) is 17.4 Å². The Balaban J connectivity index is 2.05. The minimum absolute atomic E-state index is 0.129. The zero-order valence-corrected chi connectivity index (χ0v) is 16.5.